The SMILES string of the molecule is COc1ccc(C(=O)/C=C/c2ccc(COc3cccc(Cl)c3C)o2)cc1OC. The van der Waals surface area contributed by atoms with E-state index in [9.17, 15) is 4.79 Å². The second-order valence-electron chi connectivity index (χ2n) is 6.22. The van der Waals surface area contributed by atoms with Crippen LogP contribution in [0.25, 0.3) is 6.08 Å². The van der Waals surface area contributed by atoms with Gasteiger partial charge in [-0.3, -0.25) is 4.79 Å². The summed E-state index contributed by atoms with van der Waals surface area (Å²) in [5.41, 5.74) is 1.37. The summed E-state index contributed by atoms with van der Waals surface area (Å²) < 4.78 is 21.9. The van der Waals surface area contributed by atoms with Crippen LogP contribution in [0.3, 0.4) is 0 Å². The van der Waals surface area contributed by atoms with Crippen LogP contribution >= 0.6 is 11.6 Å². The number of hydrogen-bond acceptors (Lipinski definition) is 5. The van der Waals surface area contributed by atoms with E-state index in [0.29, 0.717) is 39.4 Å². The summed E-state index contributed by atoms with van der Waals surface area (Å²) in [6.07, 6.45) is 3.07. The average molecular weight is 413 g/mol. The van der Waals surface area contributed by atoms with Gasteiger partial charge >= 0.3 is 0 Å². The number of furan rings is 1. The third-order valence-electron chi connectivity index (χ3n) is 4.34. The van der Waals surface area contributed by atoms with Crippen LogP contribution in [0.4, 0.5) is 0 Å². The van der Waals surface area contributed by atoms with Crippen molar-refractivity contribution in [3.8, 4) is 17.2 Å². The number of methoxy groups -OCH3 is 2. The molecule has 0 spiro atoms. The largest absolute Gasteiger partial charge is 0.493 e. The molecule has 0 N–H and O–H groups in total. The Morgan fingerprint density at radius 1 is 1.03 bits per heavy atom. The van der Waals surface area contributed by atoms with Crippen molar-refractivity contribution in [2.75, 3.05) is 14.2 Å². The summed E-state index contributed by atoms with van der Waals surface area (Å²) in [5, 5.41) is 0.652. The zero-order valence-electron chi connectivity index (χ0n) is 16.4. The Hall–Kier alpha value is -3.18. The van der Waals surface area contributed by atoms with E-state index in [2.05, 4.69) is 0 Å². The molecule has 0 fully saturated rings. The third-order valence-corrected chi connectivity index (χ3v) is 4.75. The van der Waals surface area contributed by atoms with Crippen molar-refractivity contribution in [3.63, 3.8) is 0 Å². The molecule has 0 unspecified atom stereocenters. The number of carbonyl (C=O) groups is 1. The van der Waals surface area contributed by atoms with E-state index in [1.807, 2.05) is 25.1 Å². The van der Waals surface area contributed by atoms with Crippen LogP contribution in [0.2, 0.25) is 5.02 Å². The van der Waals surface area contributed by atoms with Crippen LogP contribution in [-0.2, 0) is 6.61 Å². The molecule has 1 heterocycles. The first kappa shape index (κ1) is 20.6. The van der Waals surface area contributed by atoms with Crippen LogP contribution < -0.4 is 14.2 Å². The second-order valence-corrected chi connectivity index (χ2v) is 6.63. The molecule has 150 valence electrons. The van der Waals surface area contributed by atoms with E-state index in [1.165, 1.54) is 13.2 Å². The lowest BCUT2D eigenvalue weighted by Crippen LogP contribution is -1.97. The van der Waals surface area contributed by atoms with Gasteiger partial charge in [-0.05, 0) is 61.5 Å². The molecule has 0 radical (unpaired) electrons. The molecule has 0 aliphatic heterocycles. The molecule has 0 bridgehead atoms. The highest BCUT2D eigenvalue weighted by Crippen LogP contribution is 2.28. The summed E-state index contributed by atoms with van der Waals surface area (Å²) >= 11 is 6.10. The van der Waals surface area contributed by atoms with Crippen molar-refractivity contribution in [2.45, 2.75) is 13.5 Å². The fourth-order valence-electron chi connectivity index (χ4n) is 2.70. The number of allylic oxidation sites excluding steroid dienone is 1. The van der Waals surface area contributed by atoms with E-state index in [4.69, 9.17) is 30.2 Å². The summed E-state index contributed by atoms with van der Waals surface area (Å²) in [6, 6.07) is 14.1. The minimum Gasteiger partial charge on any atom is -0.493 e. The Bertz CT molecular complexity index is 1040. The molecule has 3 aromatic rings. The Balaban J connectivity index is 1.64. The van der Waals surface area contributed by atoms with Gasteiger partial charge in [-0.1, -0.05) is 17.7 Å². The number of rotatable bonds is 8. The summed E-state index contributed by atoms with van der Waals surface area (Å²) in [7, 11) is 3.07. The van der Waals surface area contributed by atoms with E-state index in [-0.39, 0.29) is 12.4 Å². The normalized spacial score (nSPS) is 10.9. The molecule has 3 rings (SSSR count). The topological polar surface area (TPSA) is 57.9 Å². The lowest BCUT2D eigenvalue weighted by atomic mass is 10.1. The molecule has 0 amide bonds. The van der Waals surface area contributed by atoms with Crippen molar-refractivity contribution in [1.29, 1.82) is 0 Å². The highest BCUT2D eigenvalue weighted by Gasteiger charge is 2.09. The van der Waals surface area contributed by atoms with Gasteiger partial charge in [-0.15, -0.1) is 0 Å². The van der Waals surface area contributed by atoms with Crippen molar-refractivity contribution in [2.24, 2.45) is 0 Å². The molecular weight excluding hydrogens is 392 g/mol. The number of carbonyl (C=O) groups excluding carboxylic acids is 1. The predicted octanol–water partition coefficient (Wildman–Crippen LogP) is 5.73. The van der Waals surface area contributed by atoms with Crippen LogP contribution in [-0.4, -0.2) is 20.0 Å². The van der Waals surface area contributed by atoms with E-state index < -0.39 is 0 Å². The minimum absolute atomic E-state index is 0.172. The monoisotopic (exact) mass is 412 g/mol. The maximum atomic E-state index is 12.4. The number of ketones is 1. The molecule has 1 aromatic heterocycles. The molecule has 6 heteroatoms. The van der Waals surface area contributed by atoms with Crippen LogP contribution in [0, 0.1) is 6.92 Å². The van der Waals surface area contributed by atoms with Crippen LogP contribution in [0.5, 0.6) is 17.2 Å². The first-order chi connectivity index (χ1) is 14.0. The standard InChI is InChI=1S/C23H21ClO5/c1-15-19(24)5-4-6-21(15)28-14-18-9-8-17(29-18)10-11-20(25)16-7-12-22(26-2)23(13-16)27-3/h4-13H,14H2,1-3H3/b11-10+. The summed E-state index contributed by atoms with van der Waals surface area (Å²) in [6.45, 7) is 2.16. The fraction of sp³-hybridized carbons (Fsp3) is 0.174. The van der Waals surface area contributed by atoms with Gasteiger partial charge in [-0.2, -0.15) is 0 Å². The average Bonchev–Trinajstić information content (AvgIpc) is 3.20. The van der Waals surface area contributed by atoms with Gasteiger partial charge in [-0.25, -0.2) is 0 Å². The van der Waals surface area contributed by atoms with Crippen molar-refractivity contribution in [1.82, 2.24) is 0 Å². The van der Waals surface area contributed by atoms with Gasteiger partial charge in [0.15, 0.2) is 17.3 Å². The number of hydrogen-bond donors (Lipinski definition) is 0. The fourth-order valence-corrected chi connectivity index (χ4v) is 2.86. The lowest BCUT2D eigenvalue weighted by molar-refractivity contribution is 0.104. The van der Waals surface area contributed by atoms with Crippen molar-refractivity contribution in [3.05, 3.63) is 82.3 Å². The van der Waals surface area contributed by atoms with Gasteiger partial charge in [0.2, 0.25) is 0 Å². The molecule has 2 aromatic carbocycles. The van der Waals surface area contributed by atoms with E-state index in [0.717, 1.165) is 5.56 Å². The highest BCUT2D eigenvalue weighted by molar-refractivity contribution is 6.31. The molecule has 0 aliphatic rings. The van der Waals surface area contributed by atoms with E-state index >= 15 is 0 Å². The van der Waals surface area contributed by atoms with Gasteiger partial charge in [0.05, 0.1) is 14.2 Å². The van der Waals surface area contributed by atoms with Crippen molar-refractivity contribution < 1.29 is 23.4 Å². The van der Waals surface area contributed by atoms with Crippen LogP contribution in [0.1, 0.15) is 27.4 Å². The maximum absolute atomic E-state index is 12.4. The van der Waals surface area contributed by atoms with Gasteiger partial charge < -0.3 is 18.6 Å². The lowest BCUT2D eigenvalue weighted by Gasteiger charge is -2.08. The Kier molecular flexibility index (Phi) is 6.62. The van der Waals surface area contributed by atoms with Gasteiger partial charge in [0, 0.05) is 16.1 Å². The minimum atomic E-state index is -0.172. The molecular formula is C23H21ClO5. The zero-order chi connectivity index (χ0) is 20.8. The zero-order valence-corrected chi connectivity index (χ0v) is 17.2. The van der Waals surface area contributed by atoms with Crippen LogP contribution in [0.15, 0.2) is 59.0 Å². The Morgan fingerprint density at radius 3 is 2.59 bits per heavy atom. The third kappa shape index (κ3) is 5.00. The smallest absolute Gasteiger partial charge is 0.186 e. The highest BCUT2D eigenvalue weighted by atomic mass is 35.5. The molecule has 0 saturated heterocycles. The number of halogens is 1. The number of ether oxygens (including phenoxy) is 3. The molecule has 0 atom stereocenters. The van der Waals surface area contributed by atoms with E-state index in [1.54, 1.807) is 43.5 Å². The predicted molar refractivity (Wildman–Crippen MR) is 112 cm³/mol. The maximum Gasteiger partial charge on any atom is 0.186 e. The second kappa shape index (κ2) is 9.34. The van der Waals surface area contributed by atoms with Crippen molar-refractivity contribution >= 4 is 23.5 Å². The molecule has 0 saturated carbocycles. The van der Waals surface area contributed by atoms with Gasteiger partial charge in [0.25, 0.3) is 0 Å². The summed E-state index contributed by atoms with van der Waals surface area (Å²) in [5.74, 6) is 2.80. The van der Waals surface area contributed by atoms with Gasteiger partial charge in [0.1, 0.15) is 23.9 Å². The molecule has 0 aliphatic carbocycles. The first-order valence-electron chi connectivity index (χ1n) is 8.93. The Morgan fingerprint density at radius 2 is 1.83 bits per heavy atom. The molecule has 29 heavy (non-hydrogen) atoms. The summed E-state index contributed by atoms with van der Waals surface area (Å²) in [4.78, 5) is 12.4. The molecule has 5 nitrogen and oxygen atoms in total. The Labute approximate surface area is 174 Å². The number of benzene rings is 2. The first-order valence-corrected chi connectivity index (χ1v) is 9.30. The quantitative estimate of drug-likeness (QED) is 0.349.